The Morgan fingerprint density at radius 3 is 2.61 bits per heavy atom. The molecule has 0 aliphatic carbocycles. The van der Waals surface area contributed by atoms with Gasteiger partial charge >= 0.3 is 0 Å². The van der Waals surface area contributed by atoms with Crippen molar-refractivity contribution < 1.29 is 13.9 Å². The van der Waals surface area contributed by atoms with Crippen LogP contribution in [0.25, 0.3) is 0 Å². The van der Waals surface area contributed by atoms with Crippen LogP contribution in [0.2, 0.25) is 0 Å². The van der Waals surface area contributed by atoms with Crippen molar-refractivity contribution >= 4 is 0 Å². The lowest BCUT2D eigenvalue weighted by Crippen LogP contribution is -2.37. The molecule has 0 spiro atoms. The van der Waals surface area contributed by atoms with E-state index >= 15 is 0 Å². The van der Waals surface area contributed by atoms with Crippen molar-refractivity contribution in [2.75, 3.05) is 27.2 Å². The van der Waals surface area contributed by atoms with Gasteiger partial charge in [0, 0.05) is 24.7 Å². The molecule has 0 fully saturated rings. The number of likely N-dealkylation sites (N-methyl/N-ethyl adjacent to an activating group) is 1. The summed E-state index contributed by atoms with van der Waals surface area (Å²) in [6, 6.07) is 2.75. The molecule has 1 rings (SSSR count). The molecule has 0 heterocycles. The Morgan fingerprint density at radius 1 is 1.33 bits per heavy atom. The number of hydrogen-bond donors (Lipinski definition) is 2. The zero-order valence-corrected chi connectivity index (χ0v) is 11.0. The van der Waals surface area contributed by atoms with E-state index in [1.54, 1.807) is 6.92 Å². The van der Waals surface area contributed by atoms with Gasteiger partial charge in [0.1, 0.15) is 11.6 Å². The molecular weight excluding hydrogens is 238 g/mol. The van der Waals surface area contributed by atoms with Crippen LogP contribution in [0.5, 0.6) is 0 Å². The number of hydrogen-bond acceptors (Lipinski definition) is 3. The highest BCUT2D eigenvalue weighted by Crippen LogP contribution is 2.21. The lowest BCUT2D eigenvalue weighted by Gasteiger charge is -2.22. The van der Waals surface area contributed by atoms with E-state index in [1.807, 2.05) is 19.0 Å². The SMILES string of the molecule is CC(NCCN(C)C)C(O)c1cc(F)ccc1F. The first-order valence-corrected chi connectivity index (χ1v) is 5.93. The smallest absolute Gasteiger partial charge is 0.129 e. The molecule has 102 valence electrons. The van der Waals surface area contributed by atoms with Crippen molar-refractivity contribution in [2.45, 2.75) is 19.1 Å². The molecular formula is C13H20F2N2O. The summed E-state index contributed by atoms with van der Waals surface area (Å²) >= 11 is 0. The topological polar surface area (TPSA) is 35.5 Å². The number of aliphatic hydroxyl groups is 1. The maximum absolute atomic E-state index is 13.5. The highest BCUT2D eigenvalue weighted by atomic mass is 19.1. The summed E-state index contributed by atoms with van der Waals surface area (Å²) in [4.78, 5) is 1.99. The van der Waals surface area contributed by atoms with Crippen molar-refractivity contribution in [3.05, 3.63) is 35.4 Å². The van der Waals surface area contributed by atoms with E-state index in [4.69, 9.17) is 0 Å². The van der Waals surface area contributed by atoms with Gasteiger partial charge < -0.3 is 15.3 Å². The zero-order valence-electron chi connectivity index (χ0n) is 11.0. The molecule has 0 aliphatic heterocycles. The summed E-state index contributed by atoms with van der Waals surface area (Å²) in [7, 11) is 3.88. The average molecular weight is 258 g/mol. The number of aliphatic hydroxyl groups excluding tert-OH is 1. The summed E-state index contributed by atoms with van der Waals surface area (Å²) in [6.07, 6.45) is -1.07. The second-order valence-electron chi connectivity index (χ2n) is 4.66. The quantitative estimate of drug-likeness (QED) is 0.812. The highest BCUT2D eigenvalue weighted by molar-refractivity contribution is 5.22. The molecule has 2 N–H and O–H groups in total. The van der Waals surface area contributed by atoms with Gasteiger partial charge in [-0.05, 0) is 39.2 Å². The number of halogens is 2. The lowest BCUT2D eigenvalue weighted by molar-refractivity contribution is 0.130. The fourth-order valence-electron chi connectivity index (χ4n) is 1.64. The van der Waals surface area contributed by atoms with Gasteiger partial charge in [0.2, 0.25) is 0 Å². The van der Waals surface area contributed by atoms with Crippen molar-refractivity contribution in [3.8, 4) is 0 Å². The van der Waals surface area contributed by atoms with Gasteiger partial charge in [-0.1, -0.05) is 0 Å². The maximum atomic E-state index is 13.5. The molecule has 0 bridgehead atoms. The largest absolute Gasteiger partial charge is 0.387 e. The van der Waals surface area contributed by atoms with Crippen molar-refractivity contribution in [1.82, 2.24) is 10.2 Å². The minimum atomic E-state index is -1.07. The third kappa shape index (κ3) is 4.33. The van der Waals surface area contributed by atoms with Gasteiger partial charge in [-0.3, -0.25) is 0 Å². The number of nitrogens with zero attached hydrogens (tertiary/aromatic N) is 1. The number of rotatable bonds is 6. The molecule has 0 aliphatic rings. The highest BCUT2D eigenvalue weighted by Gasteiger charge is 2.19. The molecule has 1 aromatic rings. The van der Waals surface area contributed by atoms with Gasteiger partial charge in [0.15, 0.2) is 0 Å². The second kappa shape index (κ2) is 6.78. The minimum absolute atomic E-state index is 0.0140. The minimum Gasteiger partial charge on any atom is -0.387 e. The first-order valence-electron chi connectivity index (χ1n) is 5.93. The van der Waals surface area contributed by atoms with Crippen LogP contribution in [-0.2, 0) is 0 Å². The van der Waals surface area contributed by atoms with Gasteiger partial charge in [-0.15, -0.1) is 0 Å². The molecule has 2 unspecified atom stereocenters. The normalized spacial score (nSPS) is 14.8. The van der Waals surface area contributed by atoms with E-state index < -0.39 is 17.7 Å². The number of nitrogens with one attached hydrogen (secondary N) is 1. The Labute approximate surface area is 106 Å². The molecule has 18 heavy (non-hydrogen) atoms. The van der Waals surface area contributed by atoms with Crippen LogP contribution in [0.15, 0.2) is 18.2 Å². The summed E-state index contributed by atoms with van der Waals surface area (Å²) in [5, 5.41) is 13.1. The molecule has 0 saturated heterocycles. The summed E-state index contributed by atoms with van der Waals surface area (Å²) in [5.74, 6) is -1.14. The van der Waals surface area contributed by atoms with Crippen molar-refractivity contribution in [1.29, 1.82) is 0 Å². The maximum Gasteiger partial charge on any atom is 0.129 e. The predicted molar refractivity (Wildman–Crippen MR) is 67.3 cm³/mol. The summed E-state index contributed by atoms with van der Waals surface area (Å²) in [5.41, 5.74) is -0.0140. The monoisotopic (exact) mass is 258 g/mol. The third-order valence-corrected chi connectivity index (χ3v) is 2.78. The molecule has 0 amide bonds. The van der Waals surface area contributed by atoms with Gasteiger partial charge in [0.25, 0.3) is 0 Å². The van der Waals surface area contributed by atoms with E-state index in [2.05, 4.69) is 5.32 Å². The molecule has 0 saturated carbocycles. The number of benzene rings is 1. The molecule has 0 radical (unpaired) electrons. The van der Waals surface area contributed by atoms with E-state index in [0.29, 0.717) is 6.54 Å². The standard InChI is InChI=1S/C13H20F2N2O/c1-9(16-6-7-17(2)3)13(18)11-8-10(14)4-5-12(11)15/h4-5,8-9,13,16,18H,6-7H2,1-3H3. The Hall–Kier alpha value is -1.04. The zero-order chi connectivity index (χ0) is 13.7. The Balaban J connectivity index is 2.62. The molecule has 5 heteroatoms. The predicted octanol–water partition coefficient (Wildman–Crippen LogP) is 1.54. The van der Waals surface area contributed by atoms with E-state index in [-0.39, 0.29) is 11.6 Å². The van der Waals surface area contributed by atoms with Crippen LogP contribution < -0.4 is 5.32 Å². The molecule has 1 aromatic carbocycles. The van der Waals surface area contributed by atoms with Crippen LogP contribution in [0, 0.1) is 11.6 Å². The van der Waals surface area contributed by atoms with Gasteiger partial charge in [-0.25, -0.2) is 8.78 Å². The third-order valence-electron chi connectivity index (χ3n) is 2.78. The molecule has 0 aromatic heterocycles. The van der Waals surface area contributed by atoms with E-state index in [1.165, 1.54) is 0 Å². The Morgan fingerprint density at radius 2 is 2.00 bits per heavy atom. The van der Waals surface area contributed by atoms with Gasteiger partial charge in [-0.2, -0.15) is 0 Å². The van der Waals surface area contributed by atoms with E-state index in [9.17, 15) is 13.9 Å². The first-order chi connectivity index (χ1) is 8.41. The van der Waals surface area contributed by atoms with Crippen LogP contribution >= 0.6 is 0 Å². The van der Waals surface area contributed by atoms with Crippen LogP contribution in [-0.4, -0.2) is 43.2 Å². The van der Waals surface area contributed by atoms with Crippen molar-refractivity contribution in [3.63, 3.8) is 0 Å². The Bertz CT molecular complexity index is 385. The fourth-order valence-corrected chi connectivity index (χ4v) is 1.64. The van der Waals surface area contributed by atoms with Crippen LogP contribution in [0.3, 0.4) is 0 Å². The van der Waals surface area contributed by atoms with Gasteiger partial charge in [0.05, 0.1) is 6.10 Å². The fraction of sp³-hybridized carbons (Fsp3) is 0.538. The Kier molecular flexibility index (Phi) is 5.65. The summed E-state index contributed by atoms with van der Waals surface area (Å²) < 4.78 is 26.5. The van der Waals surface area contributed by atoms with Crippen LogP contribution in [0.4, 0.5) is 8.78 Å². The second-order valence-corrected chi connectivity index (χ2v) is 4.66. The van der Waals surface area contributed by atoms with Crippen LogP contribution in [0.1, 0.15) is 18.6 Å². The summed E-state index contributed by atoms with van der Waals surface area (Å²) in [6.45, 7) is 3.22. The van der Waals surface area contributed by atoms with E-state index in [0.717, 1.165) is 24.7 Å². The lowest BCUT2D eigenvalue weighted by atomic mass is 10.0. The van der Waals surface area contributed by atoms with Crippen molar-refractivity contribution in [2.24, 2.45) is 0 Å². The first kappa shape index (κ1) is 15.0. The molecule has 3 nitrogen and oxygen atoms in total. The average Bonchev–Trinajstić information content (AvgIpc) is 2.30. The molecule has 2 atom stereocenters.